The van der Waals surface area contributed by atoms with Gasteiger partial charge in [0.2, 0.25) is 5.54 Å². The van der Waals surface area contributed by atoms with Crippen LogP contribution in [-0.4, -0.2) is 57.5 Å². The van der Waals surface area contributed by atoms with E-state index in [0.717, 1.165) is 0 Å². The molecule has 1 aliphatic heterocycles. The van der Waals surface area contributed by atoms with Crippen LogP contribution in [0.5, 0.6) is 0 Å². The Kier molecular flexibility index (Phi) is 6.03. The number of quaternary nitrogens is 1. The van der Waals surface area contributed by atoms with Gasteiger partial charge in [0.25, 0.3) is 6.09 Å². The van der Waals surface area contributed by atoms with E-state index >= 15 is 0 Å². The maximum absolute atomic E-state index is 12.2. The van der Waals surface area contributed by atoms with Crippen molar-refractivity contribution in [2.75, 3.05) is 13.1 Å². The van der Waals surface area contributed by atoms with E-state index in [4.69, 9.17) is 4.74 Å². The quantitative estimate of drug-likeness (QED) is 0.726. The molecule has 1 saturated heterocycles. The number of nitrogens with zero attached hydrogens (tertiary/aromatic N) is 1. The Bertz CT molecular complexity index is 577. The molecular weight excluding hydrogens is 340 g/mol. The lowest BCUT2D eigenvalue weighted by Gasteiger charge is -2.53. The molecule has 8 heteroatoms. The Morgan fingerprint density at radius 2 is 1.77 bits per heavy atom. The molecule has 0 radical (unpaired) electrons. The van der Waals surface area contributed by atoms with Crippen molar-refractivity contribution in [3.63, 3.8) is 0 Å². The van der Waals surface area contributed by atoms with Crippen molar-refractivity contribution < 1.29 is 33.8 Å². The maximum Gasteiger partial charge on any atom is 0.407 e. The number of rotatable bonds is 4. The summed E-state index contributed by atoms with van der Waals surface area (Å²) in [5.41, 5.74) is -3.03. The number of hydrogen-bond acceptors (Lipinski definition) is 5. The van der Waals surface area contributed by atoms with Gasteiger partial charge in [0.15, 0.2) is 0 Å². The Morgan fingerprint density at radius 3 is 2.08 bits per heavy atom. The fraction of sp³-hybridized carbons (Fsp3) is 0.833. The third-order valence-electron chi connectivity index (χ3n) is 5.26. The first-order valence-corrected chi connectivity index (χ1v) is 8.93. The van der Waals surface area contributed by atoms with Crippen LogP contribution in [0.15, 0.2) is 0 Å². The van der Waals surface area contributed by atoms with Crippen LogP contribution in [0, 0.1) is 5.92 Å². The molecule has 1 fully saturated rings. The molecule has 1 rings (SSSR count). The topological polar surface area (TPSA) is 116 Å². The predicted octanol–water partition coefficient (Wildman–Crippen LogP) is 1.72. The zero-order valence-corrected chi connectivity index (χ0v) is 16.8. The molecule has 0 aromatic rings. The van der Waals surface area contributed by atoms with E-state index in [1.807, 2.05) is 0 Å². The van der Waals surface area contributed by atoms with Crippen LogP contribution < -0.4 is 10.4 Å². The van der Waals surface area contributed by atoms with Crippen molar-refractivity contribution >= 4 is 18.2 Å². The SMILES string of the molecule is CC[C@@]1(C(=O)O)C[C@@H](CNC(=O)OC(C)(C)C)C[N+]1(C(=O)[O-])C(C)(C)C. The van der Waals surface area contributed by atoms with Gasteiger partial charge in [0.1, 0.15) is 5.60 Å². The molecule has 0 bridgehead atoms. The molecular formula is C18H32N2O6. The van der Waals surface area contributed by atoms with Gasteiger partial charge in [-0.3, -0.25) is 4.48 Å². The average molecular weight is 372 g/mol. The van der Waals surface area contributed by atoms with Crippen molar-refractivity contribution in [2.24, 2.45) is 5.92 Å². The summed E-state index contributed by atoms with van der Waals surface area (Å²) in [6, 6.07) is 0. The van der Waals surface area contributed by atoms with E-state index in [1.54, 1.807) is 48.5 Å². The number of carbonyl (C=O) groups excluding carboxylic acids is 2. The molecule has 0 saturated carbocycles. The Labute approximate surface area is 155 Å². The molecule has 1 unspecified atom stereocenters. The first-order chi connectivity index (χ1) is 11.6. The highest BCUT2D eigenvalue weighted by atomic mass is 16.6. The number of aliphatic carboxylic acids is 1. The molecule has 26 heavy (non-hydrogen) atoms. The Morgan fingerprint density at radius 1 is 1.23 bits per heavy atom. The lowest BCUT2D eigenvalue weighted by molar-refractivity contribution is -0.946. The maximum atomic E-state index is 12.2. The molecule has 2 N–H and O–H groups in total. The number of amides is 2. The lowest BCUT2D eigenvalue weighted by atomic mass is 9.84. The van der Waals surface area contributed by atoms with Gasteiger partial charge in [0, 0.05) is 25.3 Å². The second kappa shape index (κ2) is 7.06. The van der Waals surface area contributed by atoms with Gasteiger partial charge in [-0.1, -0.05) is 6.92 Å². The predicted molar refractivity (Wildman–Crippen MR) is 93.3 cm³/mol. The minimum absolute atomic E-state index is 0.0712. The second-order valence-electron chi connectivity index (χ2n) is 9.07. The fourth-order valence-electron chi connectivity index (χ4n) is 4.19. The van der Waals surface area contributed by atoms with Gasteiger partial charge in [-0.15, -0.1) is 0 Å². The van der Waals surface area contributed by atoms with Gasteiger partial charge in [-0.25, -0.2) is 9.59 Å². The largest absolute Gasteiger partial charge is 0.498 e. The molecule has 1 aliphatic rings. The Balaban J connectivity index is 3.15. The van der Waals surface area contributed by atoms with Crippen molar-refractivity contribution in [1.29, 1.82) is 0 Å². The van der Waals surface area contributed by atoms with Crippen LogP contribution in [0.4, 0.5) is 9.59 Å². The molecule has 0 aliphatic carbocycles. The number of hydrogen-bond donors (Lipinski definition) is 2. The zero-order valence-electron chi connectivity index (χ0n) is 16.8. The van der Waals surface area contributed by atoms with Crippen LogP contribution in [-0.2, 0) is 9.53 Å². The minimum Gasteiger partial charge on any atom is -0.498 e. The van der Waals surface area contributed by atoms with E-state index in [0.29, 0.717) is 0 Å². The summed E-state index contributed by atoms with van der Waals surface area (Å²) in [5, 5.41) is 24.8. The molecule has 3 atom stereocenters. The van der Waals surface area contributed by atoms with Crippen LogP contribution >= 0.6 is 0 Å². The van der Waals surface area contributed by atoms with Crippen LogP contribution in [0.1, 0.15) is 61.3 Å². The monoisotopic (exact) mass is 372 g/mol. The van der Waals surface area contributed by atoms with Crippen molar-refractivity contribution in [1.82, 2.24) is 5.32 Å². The molecule has 2 amide bonds. The van der Waals surface area contributed by atoms with E-state index in [1.165, 1.54) is 0 Å². The van der Waals surface area contributed by atoms with E-state index in [-0.39, 0.29) is 31.8 Å². The van der Waals surface area contributed by atoms with Crippen molar-refractivity contribution in [2.45, 2.75) is 78.0 Å². The zero-order chi connectivity index (χ0) is 20.6. The highest BCUT2D eigenvalue weighted by Gasteiger charge is 2.68. The van der Waals surface area contributed by atoms with Crippen LogP contribution in [0.2, 0.25) is 0 Å². The summed E-state index contributed by atoms with van der Waals surface area (Å²) >= 11 is 0. The molecule has 1 heterocycles. The number of alkyl carbamates (subject to hydrolysis) is 1. The van der Waals surface area contributed by atoms with E-state index in [2.05, 4.69) is 5.32 Å². The van der Waals surface area contributed by atoms with Gasteiger partial charge in [-0.05, 0) is 41.5 Å². The second-order valence-corrected chi connectivity index (χ2v) is 9.07. The highest BCUT2D eigenvalue weighted by molar-refractivity contribution is 5.80. The number of carboxylic acid groups (broad SMARTS) is 2. The van der Waals surface area contributed by atoms with Crippen LogP contribution in [0.25, 0.3) is 0 Å². The molecule has 0 aromatic heterocycles. The van der Waals surface area contributed by atoms with E-state index in [9.17, 15) is 24.6 Å². The number of carboxylic acids is 1. The normalized spacial score (nSPS) is 29.3. The number of carbonyl (C=O) groups is 3. The minimum atomic E-state index is -1.50. The molecule has 150 valence electrons. The fourth-order valence-corrected chi connectivity index (χ4v) is 4.19. The van der Waals surface area contributed by atoms with Crippen LogP contribution in [0.3, 0.4) is 0 Å². The summed E-state index contributed by atoms with van der Waals surface area (Å²) in [7, 11) is 0. The van der Waals surface area contributed by atoms with Gasteiger partial charge < -0.3 is 25.1 Å². The smallest absolute Gasteiger partial charge is 0.407 e. The average Bonchev–Trinajstić information content (AvgIpc) is 2.80. The summed E-state index contributed by atoms with van der Waals surface area (Å²) in [4.78, 5) is 36.3. The van der Waals surface area contributed by atoms with E-state index < -0.39 is 39.3 Å². The summed E-state index contributed by atoms with van der Waals surface area (Å²) < 4.78 is 4.52. The molecule has 0 spiro atoms. The molecule has 8 nitrogen and oxygen atoms in total. The highest BCUT2D eigenvalue weighted by Crippen LogP contribution is 2.48. The van der Waals surface area contributed by atoms with Gasteiger partial charge in [-0.2, -0.15) is 0 Å². The lowest BCUT2D eigenvalue weighted by Crippen LogP contribution is -2.77. The third-order valence-corrected chi connectivity index (χ3v) is 5.26. The van der Waals surface area contributed by atoms with Crippen molar-refractivity contribution in [3.05, 3.63) is 0 Å². The number of likely N-dealkylation sites (tertiary alicyclic amines) is 1. The summed E-state index contributed by atoms with van der Waals surface area (Å²) in [5.74, 6) is -1.48. The van der Waals surface area contributed by atoms with Gasteiger partial charge in [0.05, 0.1) is 12.1 Å². The van der Waals surface area contributed by atoms with Crippen molar-refractivity contribution in [3.8, 4) is 0 Å². The summed E-state index contributed by atoms with van der Waals surface area (Å²) in [6.45, 7) is 12.2. The van der Waals surface area contributed by atoms with Gasteiger partial charge >= 0.3 is 12.1 Å². The first-order valence-electron chi connectivity index (χ1n) is 8.93. The third kappa shape index (κ3) is 3.79. The standard InChI is InChI=1S/C18H32N2O6/c1-8-18(13(21)22)9-12(10-19-14(23)26-17(5,6)7)11-20(18,15(24)25)16(2,3)4/h12H,8-11H2,1-7H3,(H2-,19,21,22,23,24,25)/t12-,18-,20?/m0/s1. The Hall–Kier alpha value is -1.83. The number of ether oxygens (including phenoxy) is 1. The number of nitrogens with one attached hydrogen (secondary N) is 1. The first kappa shape index (κ1) is 22.2. The molecule has 0 aromatic carbocycles. The summed E-state index contributed by atoms with van der Waals surface area (Å²) in [6.07, 6.45) is -1.72.